The highest BCUT2D eigenvalue weighted by atomic mass is 16.5. The summed E-state index contributed by atoms with van der Waals surface area (Å²) in [6.07, 6.45) is 0.673. The molecule has 0 saturated carbocycles. The van der Waals surface area contributed by atoms with Crippen molar-refractivity contribution in [2.24, 2.45) is 5.92 Å². The Balaban J connectivity index is 1.62. The first kappa shape index (κ1) is 15.1. The molecule has 0 bridgehead atoms. The molecule has 2 aromatic rings. The highest BCUT2D eigenvalue weighted by molar-refractivity contribution is 5.94. The van der Waals surface area contributed by atoms with Crippen LogP contribution < -0.4 is 15.4 Å². The molecule has 118 valence electrons. The molecule has 0 aliphatic carbocycles. The van der Waals surface area contributed by atoms with Gasteiger partial charge in [-0.15, -0.1) is 0 Å². The van der Waals surface area contributed by atoms with E-state index in [1.165, 1.54) is 6.92 Å². The van der Waals surface area contributed by atoms with Crippen LogP contribution in [0.25, 0.3) is 0 Å². The van der Waals surface area contributed by atoms with Crippen LogP contribution in [0, 0.1) is 5.92 Å². The third-order valence-corrected chi connectivity index (χ3v) is 3.72. The second kappa shape index (κ2) is 6.52. The van der Waals surface area contributed by atoms with E-state index in [4.69, 9.17) is 4.74 Å². The molecule has 1 aliphatic rings. The van der Waals surface area contributed by atoms with Crippen LogP contribution in [0.2, 0.25) is 0 Å². The SMILES string of the molecule is CC(=O)Nc1ccc(NC(=O)[C@@H]2COc3ccccc3C2)cc1. The van der Waals surface area contributed by atoms with Crippen molar-refractivity contribution in [3.05, 3.63) is 54.1 Å². The molecule has 0 fully saturated rings. The molecule has 0 radical (unpaired) electrons. The lowest BCUT2D eigenvalue weighted by Crippen LogP contribution is -2.32. The number of amides is 2. The molecule has 0 aromatic heterocycles. The van der Waals surface area contributed by atoms with Crippen molar-refractivity contribution < 1.29 is 14.3 Å². The van der Waals surface area contributed by atoms with Crippen molar-refractivity contribution in [2.45, 2.75) is 13.3 Å². The molecule has 23 heavy (non-hydrogen) atoms. The summed E-state index contributed by atoms with van der Waals surface area (Å²) >= 11 is 0. The largest absolute Gasteiger partial charge is 0.492 e. The van der Waals surface area contributed by atoms with E-state index >= 15 is 0 Å². The number of carbonyl (C=O) groups excluding carboxylic acids is 2. The zero-order valence-electron chi connectivity index (χ0n) is 12.8. The molecule has 2 amide bonds. The summed E-state index contributed by atoms with van der Waals surface area (Å²) in [4.78, 5) is 23.4. The van der Waals surface area contributed by atoms with Gasteiger partial charge in [0.1, 0.15) is 12.4 Å². The first-order valence-corrected chi connectivity index (χ1v) is 7.51. The molecule has 1 heterocycles. The number of carbonyl (C=O) groups is 2. The van der Waals surface area contributed by atoms with Gasteiger partial charge < -0.3 is 15.4 Å². The van der Waals surface area contributed by atoms with Crippen molar-refractivity contribution in [1.29, 1.82) is 0 Å². The molecule has 0 unspecified atom stereocenters. The van der Waals surface area contributed by atoms with E-state index in [2.05, 4.69) is 10.6 Å². The number of benzene rings is 2. The lowest BCUT2D eigenvalue weighted by Gasteiger charge is -2.24. The van der Waals surface area contributed by atoms with Gasteiger partial charge in [0.15, 0.2) is 0 Å². The van der Waals surface area contributed by atoms with Gasteiger partial charge in [0.05, 0.1) is 5.92 Å². The second-order valence-electron chi connectivity index (χ2n) is 5.57. The van der Waals surface area contributed by atoms with Gasteiger partial charge in [-0.2, -0.15) is 0 Å². The number of rotatable bonds is 3. The Bertz CT molecular complexity index is 725. The highest BCUT2D eigenvalue weighted by Gasteiger charge is 2.25. The highest BCUT2D eigenvalue weighted by Crippen LogP contribution is 2.27. The summed E-state index contributed by atoms with van der Waals surface area (Å²) in [6.45, 7) is 1.84. The van der Waals surface area contributed by atoms with Gasteiger partial charge in [-0.1, -0.05) is 18.2 Å². The van der Waals surface area contributed by atoms with Gasteiger partial charge in [0, 0.05) is 18.3 Å². The van der Waals surface area contributed by atoms with Crippen molar-refractivity contribution in [3.8, 4) is 5.75 Å². The van der Waals surface area contributed by atoms with Gasteiger partial charge in [-0.3, -0.25) is 9.59 Å². The summed E-state index contributed by atoms with van der Waals surface area (Å²) in [5.41, 5.74) is 2.45. The molecule has 5 nitrogen and oxygen atoms in total. The lowest BCUT2D eigenvalue weighted by atomic mass is 9.96. The average molecular weight is 310 g/mol. The van der Waals surface area contributed by atoms with Crippen LogP contribution in [0.4, 0.5) is 11.4 Å². The molecule has 0 spiro atoms. The molecule has 0 saturated heterocycles. The van der Waals surface area contributed by atoms with Crippen molar-refractivity contribution in [3.63, 3.8) is 0 Å². The smallest absolute Gasteiger partial charge is 0.231 e. The second-order valence-corrected chi connectivity index (χ2v) is 5.57. The lowest BCUT2D eigenvalue weighted by molar-refractivity contribution is -0.121. The quantitative estimate of drug-likeness (QED) is 0.916. The van der Waals surface area contributed by atoms with Crippen molar-refractivity contribution in [1.82, 2.24) is 0 Å². The molecular weight excluding hydrogens is 292 g/mol. The van der Waals surface area contributed by atoms with E-state index in [1.54, 1.807) is 24.3 Å². The number of ether oxygens (including phenoxy) is 1. The molecule has 2 aromatic carbocycles. The Kier molecular flexibility index (Phi) is 4.28. The van der Waals surface area contributed by atoms with E-state index in [1.807, 2.05) is 24.3 Å². The van der Waals surface area contributed by atoms with Crippen LogP contribution >= 0.6 is 0 Å². The molecule has 2 N–H and O–H groups in total. The summed E-state index contributed by atoms with van der Waals surface area (Å²) in [5.74, 6) is 0.461. The fourth-order valence-electron chi connectivity index (χ4n) is 2.58. The van der Waals surface area contributed by atoms with Crippen molar-refractivity contribution >= 4 is 23.2 Å². The third-order valence-electron chi connectivity index (χ3n) is 3.72. The van der Waals surface area contributed by atoms with Gasteiger partial charge in [0.2, 0.25) is 11.8 Å². The molecule has 1 atom stereocenters. The fraction of sp³-hybridized carbons (Fsp3) is 0.222. The number of fused-ring (bicyclic) bond motifs is 1. The zero-order chi connectivity index (χ0) is 16.2. The van der Waals surface area contributed by atoms with Crippen molar-refractivity contribution in [2.75, 3.05) is 17.2 Å². The van der Waals surface area contributed by atoms with E-state index < -0.39 is 0 Å². The molecule has 3 rings (SSSR count). The summed E-state index contributed by atoms with van der Waals surface area (Å²) in [7, 11) is 0. The van der Waals surface area contributed by atoms with E-state index in [9.17, 15) is 9.59 Å². The van der Waals surface area contributed by atoms with Crippen LogP contribution in [0.3, 0.4) is 0 Å². The third kappa shape index (κ3) is 3.69. The van der Waals surface area contributed by atoms with Gasteiger partial charge in [0.25, 0.3) is 0 Å². The Hall–Kier alpha value is -2.82. The minimum absolute atomic E-state index is 0.0632. The van der Waals surface area contributed by atoms with Crippen LogP contribution in [-0.2, 0) is 16.0 Å². The average Bonchev–Trinajstić information content (AvgIpc) is 2.55. The number of nitrogens with one attached hydrogen (secondary N) is 2. The normalized spacial score (nSPS) is 16.0. The molecule has 5 heteroatoms. The summed E-state index contributed by atoms with van der Waals surface area (Å²) in [5, 5.41) is 5.58. The number of para-hydroxylation sites is 1. The molecule has 1 aliphatic heterocycles. The number of hydrogen-bond acceptors (Lipinski definition) is 3. The zero-order valence-corrected chi connectivity index (χ0v) is 12.8. The molecular formula is C18H18N2O3. The Morgan fingerprint density at radius 2 is 1.65 bits per heavy atom. The minimum atomic E-state index is -0.208. The van der Waals surface area contributed by atoms with Gasteiger partial charge in [-0.05, 0) is 42.3 Å². The maximum atomic E-state index is 12.4. The van der Waals surface area contributed by atoms with Crippen LogP contribution in [0.5, 0.6) is 5.75 Å². The van der Waals surface area contributed by atoms with E-state index in [0.29, 0.717) is 24.4 Å². The van der Waals surface area contributed by atoms with E-state index in [0.717, 1.165) is 11.3 Å². The number of hydrogen-bond donors (Lipinski definition) is 2. The van der Waals surface area contributed by atoms with Crippen LogP contribution in [0.15, 0.2) is 48.5 Å². The van der Waals surface area contributed by atoms with Crippen LogP contribution in [0.1, 0.15) is 12.5 Å². The maximum Gasteiger partial charge on any atom is 0.231 e. The first-order chi connectivity index (χ1) is 11.1. The Labute approximate surface area is 134 Å². The Morgan fingerprint density at radius 3 is 2.35 bits per heavy atom. The van der Waals surface area contributed by atoms with Crippen LogP contribution in [-0.4, -0.2) is 18.4 Å². The topological polar surface area (TPSA) is 67.4 Å². The predicted octanol–water partition coefficient (Wildman–Crippen LogP) is 2.83. The summed E-state index contributed by atoms with van der Waals surface area (Å²) < 4.78 is 5.65. The predicted molar refractivity (Wildman–Crippen MR) is 88.5 cm³/mol. The monoisotopic (exact) mass is 310 g/mol. The maximum absolute atomic E-state index is 12.4. The van der Waals surface area contributed by atoms with Gasteiger partial charge >= 0.3 is 0 Å². The minimum Gasteiger partial charge on any atom is -0.492 e. The fourth-order valence-corrected chi connectivity index (χ4v) is 2.58. The number of anilines is 2. The first-order valence-electron chi connectivity index (χ1n) is 7.51. The standard InChI is InChI=1S/C18H18N2O3/c1-12(21)19-15-6-8-16(9-7-15)20-18(22)14-10-13-4-2-3-5-17(13)23-11-14/h2-9,14H,10-11H2,1H3,(H,19,21)(H,20,22)/t14-/m0/s1. The van der Waals surface area contributed by atoms with E-state index in [-0.39, 0.29) is 17.7 Å². The summed E-state index contributed by atoms with van der Waals surface area (Å²) in [6, 6.07) is 14.8. The Morgan fingerprint density at radius 1 is 1.00 bits per heavy atom. The van der Waals surface area contributed by atoms with Gasteiger partial charge in [-0.25, -0.2) is 0 Å².